The Morgan fingerprint density at radius 1 is 1.07 bits per heavy atom. The summed E-state index contributed by atoms with van der Waals surface area (Å²) in [6, 6.07) is 6.31. The predicted molar refractivity (Wildman–Crippen MR) is 151 cm³/mol. The van der Waals surface area contributed by atoms with Crippen molar-refractivity contribution in [1.82, 2.24) is 24.5 Å². The Hall–Kier alpha value is -4.40. The number of carbonyl (C=O) groups is 1. The van der Waals surface area contributed by atoms with Crippen LogP contribution < -0.4 is 14.2 Å². The molecular formula is C30H30F5N5O5. The van der Waals surface area contributed by atoms with Crippen molar-refractivity contribution in [2.75, 3.05) is 26.8 Å². The quantitative estimate of drug-likeness (QED) is 0.253. The van der Waals surface area contributed by atoms with Crippen LogP contribution in [0.5, 0.6) is 17.2 Å². The van der Waals surface area contributed by atoms with Crippen LogP contribution in [0.2, 0.25) is 0 Å². The summed E-state index contributed by atoms with van der Waals surface area (Å²) >= 11 is 0. The molecule has 2 aromatic heterocycles. The van der Waals surface area contributed by atoms with Crippen molar-refractivity contribution in [2.24, 2.45) is 20.0 Å². The molecule has 2 aromatic carbocycles. The maximum atomic E-state index is 13.6. The molecule has 3 heterocycles. The number of likely N-dealkylation sites (tertiary alicyclic amines) is 1. The summed E-state index contributed by atoms with van der Waals surface area (Å²) in [6.07, 6.45) is 1.80. The van der Waals surface area contributed by atoms with E-state index >= 15 is 0 Å². The maximum Gasteiger partial charge on any atom is 0.420 e. The van der Waals surface area contributed by atoms with Gasteiger partial charge in [-0.05, 0) is 48.6 Å². The van der Waals surface area contributed by atoms with Crippen LogP contribution >= 0.6 is 0 Å². The van der Waals surface area contributed by atoms with Gasteiger partial charge in [0, 0.05) is 31.4 Å². The van der Waals surface area contributed by atoms with E-state index in [0.717, 1.165) is 30.4 Å². The number of β-amino-alcohol motifs (C(OH)–C–C–N with tert-alkyl or cyclic N) is 1. The van der Waals surface area contributed by atoms with Gasteiger partial charge in [0.2, 0.25) is 0 Å². The van der Waals surface area contributed by atoms with Gasteiger partial charge in [0.1, 0.15) is 22.8 Å². The molecule has 1 saturated carbocycles. The number of halogens is 5. The van der Waals surface area contributed by atoms with Crippen LogP contribution in [0.1, 0.15) is 29.6 Å². The third-order valence-corrected chi connectivity index (χ3v) is 8.35. The molecule has 15 heteroatoms. The minimum Gasteiger partial charge on any atom is -0.496 e. The number of aryl methyl sites for hydroxylation is 2. The zero-order valence-electron chi connectivity index (χ0n) is 24.6. The molecule has 0 atom stereocenters. The number of hydrogen-bond donors (Lipinski definition) is 1. The molecule has 45 heavy (non-hydrogen) atoms. The van der Waals surface area contributed by atoms with Crippen molar-refractivity contribution < 1.29 is 46.1 Å². The van der Waals surface area contributed by atoms with E-state index < -0.39 is 48.7 Å². The smallest absolute Gasteiger partial charge is 0.420 e. The van der Waals surface area contributed by atoms with Crippen LogP contribution in [0.15, 0.2) is 36.7 Å². The van der Waals surface area contributed by atoms with E-state index in [1.54, 1.807) is 25.0 Å². The zero-order chi connectivity index (χ0) is 32.3. The third kappa shape index (κ3) is 5.53. The van der Waals surface area contributed by atoms with E-state index in [1.165, 1.54) is 23.9 Å². The summed E-state index contributed by atoms with van der Waals surface area (Å²) in [5.41, 5.74) is -0.701. The number of aliphatic hydroxyl groups is 1. The van der Waals surface area contributed by atoms with Crippen LogP contribution in [0, 0.1) is 5.92 Å². The molecule has 1 aliphatic heterocycles. The standard InChI is InChI=1S/C30H30F5N5O5/c1-38-12-19(11-36-38)17-7-20-24(22(8-17)44-13-16-5-4-6-16)26(39(2)37-20)18-9-21(43-3)25(23(10-18)45-28(31)32)27(41)40-14-29(42,15-40)30(33,34)35/h7-12,16,28,42H,4-6,13-15H2,1-3H3. The Labute approximate surface area is 253 Å². The van der Waals surface area contributed by atoms with Gasteiger partial charge in [0.15, 0.2) is 5.60 Å². The van der Waals surface area contributed by atoms with Crippen LogP contribution in [0.4, 0.5) is 22.0 Å². The summed E-state index contributed by atoms with van der Waals surface area (Å²) < 4.78 is 86.6. The molecule has 0 radical (unpaired) electrons. The molecule has 2 fully saturated rings. The Morgan fingerprint density at radius 2 is 1.76 bits per heavy atom. The summed E-state index contributed by atoms with van der Waals surface area (Å²) in [6.45, 7) is -5.04. The highest BCUT2D eigenvalue weighted by atomic mass is 19.4. The highest BCUT2D eigenvalue weighted by Crippen LogP contribution is 2.45. The van der Waals surface area contributed by atoms with Gasteiger partial charge in [-0.3, -0.25) is 14.2 Å². The van der Waals surface area contributed by atoms with Gasteiger partial charge in [-0.1, -0.05) is 6.42 Å². The highest BCUT2D eigenvalue weighted by molar-refractivity contribution is 6.04. The Morgan fingerprint density at radius 3 is 2.33 bits per heavy atom. The number of alkyl halides is 5. The Balaban J connectivity index is 1.46. The fourth-order valence-corrected chi connectivity index (χ4v) is 5.69. The number of hydrogen-bond acceptors (Lipinski definition) is 7. The largest absolute Gasteiger partial charge is 0.496 e. The molecular weight excluding hydrogens is 605 g/mol. The maximum absolute atomic E-state index is 13.6. The van der Waals surface area contributed by atoms with Crippen LogP contribution in [-0.2, 0) is 14.1 Å². The SMILES string of the molecule is COc1cc(-c2c3c(OCC4CCC4)cc(-c4cnn(C)c4)cc3nn2C)cc(OC(F)F)c1C(=O)N1CC(O)(C(F)(F)F)C1. The van der Waals surface area contributed by atoms with Gasteiger partial charge >= 0.3 is 12.8 Å². The summed E-state index contributed by atoms with van der Waals surface area (Å²) in [7, 11) is 4.65. The van der Waals surface area contributed by atoms with E-state index in [0.29, 0.717) is 39.8 Å². The van der Waals surface area contributed by atoms with Gasteiger partial charge in [-0.25, -0.2) is 0 Å². The second kappa shape index (κ2) is 11.2. The van der Waals surface area contributed by atoms with Crippen molar-refractivity contribution in [3.8, 4) is 39.6 Å². The molecule has 1 amide bonds. The topological polar surface area (TPSA) is 104 Å². The zero-order valence-corrected chi connectivity index (χ0v) is 24.6. The van der Waals surface area contributed by atoms with Crippen LogP contribution in [0.25, 0.3) is 33.3 Å². The summed E-state index contributed by atoms with van der Waals surface area (Å²) in [5.74, 6) is -0.985. The Kier molecular flexibility index (Phi) is 7.62. The molecule has 1 N–H and O–H groups in total. The molecule has 4 aromatic rings. The predicted octanol–water partition coefficient (Wildman–Crippen LogP) is 5.18. The van der Waals surface area contributed by atoms with Gasteiger partial charge in [0.05, 0.1) is 49.6 Å². The van der Waals surface area contributed by atoms with E-state index in [1.807, 2.05) is 18.3 Å². The lowest BCUT2D eigenvalue weighted by Gasteiger charge is -2.47. The normalized spacial score (nSPS) is 16.5. The first-order chi connectivity index (χ1) is 21.3. The van der Waals surface area contributed by atoms with Crippen molar-refractivity contribution in [1.29, 1.82) is 0 Å². The monoisotopic (exact) mass is 635 g/mol. The number of ether oxygens (including phenoxy) is 3. The van der Waals surface area contributed by atoms with E-state index in [-0.39, 0.29) is 11.3 Å². The van der Waals surface area contributed by atoms with Crippen molar-refractivity contribution in [3.05, 3.63) is 42.2 Å². The molecule has 0 spiro atoms. The molecule has 0 bridgehead atoms. The molecule has 1 aliphatic carbocycles. The van der Waals surface area contributed by atoms with Gasteiger partial charge in [-0.15, -0.1) is 0 Å². The first kappa shape index (κ1) is 30.6. The second-order valence-corrected chi connectivity index (χ2v) is 11.5. The number of aromatic nitrogens is 4. The minimum absolute atomic E-state index is 0.214. The molecule has 6 rings (SSSR count). The molecule has 10 nitrogen and oxygen atoms in total. The number of amides is 1. The highest BCUT2D eigenvalue weighted by Gasteiger charge is 2.62. The van der Waals surface area contributed by atoms with Crippen LogP contribution in [-0.4, -0.2) is 80.7 Å². The van der Waals surface area contributed by atoms with Gasteiger partial charge in [0.25, 0.3) is 5.91 Å². The fraction of sp³-hybridized carbons (Fsp3) is 0.433. The number of nitrogens with zero attached hydrogens (tertiary/aromatic N) is 5. The van der Waals surface area contributed by atoms with E-state index in [4.69, 9.17) is 14.2 Å². The average molecular weight is 636 g/mol. The lowest BCUT2D eigenvalue weighted by atomic mass is 9.86. The number of methoxy groups -OCH3 is 1. The summed E-state index contributed by atoms with van der Waals surface area (Å²) in [4.78, 5) is 14.0. The fourth-order valence-electron chi connectivity index (χ4n) is 5.69. The minimum atomic E-state index is -4.98. The molecule has 2 aliphatic rings. The lowest BCUT2D eigenvalue weighted by Crippen LogP contribution is -2.70. The number of carbonyl (C=O) groups excluding carboxylic acids is 1. The van der Waals surface area contributed by atoms with Crippen molar-refractivity contribution >= 4 is 16.8 Å². The number of rotatable bonds is 9. The summed E-state index contributed by atoms with van der Waals surface area (Å²) in [5, 5.41) is 19.3. The first-order valence-corrected chi connectivity index (χ1v) is 14.2. The van der Waals surface area contributed by atoms with Gasteiger partial charge in [-0.2, -0.15) is 32.1 Å². The van der Waals surface area contributed by atoms with Gasteiger partial charge < -0.3 is 24.2 Å². The third-order valence-electron chi connectivity index (χ3n) is 8.35. The average Bonchev–Trinajstić information content (AvgIpc) is 3.50. The first-order valence-electron chi connectivity index (χ1n) is 14.2. The molecule has 1 saturated heterocycles. The van der Waals surface area contributed by atoms with Crippen molar-refractivity contribution in [3.63, 3.8) is 0 Å². The number of benzene rings is 2. The van der Waals surface area contributed by atoms with Crippen molar-refractivity contribution in [2.45, 2.75) is 37.7 Å². The molecule has 0 unspecified atom stereocenters. The second-order valence-electron chi connectivity index (χ2n) is 11.5. The molecule has 240 valence electrons. The van der Waals surface area contributed by atoms with E-state index in [2.05, 4.69) is 10.2 Å². The lowest BCUT2D eigenvalue weighted by molar-refractivity contribution is -0.294. The van der Waals surface area contributed by atoms with Crippen LogP contribution in [0.3, 0.4) is 0 Å². The number of fused-ring (bicyclic) bond motifs is 1. The Bertz CT molecular complexity index is 1760. The van der Waals surface area contributed by atoms with E-state index in [9.17, 15) is 31.9 Å².